The predicted molar refractivity (Wildman–Crippen MR) is 75.0 cm³/mol. The van der Waals surface area contributed by atoms with Crippen LogP contribution in [0.15, 0.2) is 24.3 Å². The van der Waals surface area contributed by atoms with E-state index in [1.54, 1.807) is 7.11 Å². The summed E-state index contributed by atoms with van der Waals surface area (Å²) >= 11 is 2.24. The van der Waals surface area contributed by atoms with E-state index in [-0.39, 0.29) is 5.91 Å². The molecule has 1 fully saturated rings. The summed E-state index contributed by atoms with van der Waals surface area (Å²) in [5.41, 5.74) is 0.781. The molecular weight excluding hydrogens is 329 g/mol. The number of benzene rings is 1. The summed E-state index contributed by atoms with van der Waals surface area (Å²) in [5, 5.41) is 0. The van der Waals surface area contributed by atoms with Crippen LogP contribution in [-0.4, -0.2) is 37.6 Å². The molecule has 1 heterocycles. The van der Waals surface area contributed by atoms with Gasteiger partial charge in [0, 0.05) is 35.3 Å². The lowest BCUT2D eigenvalue weighted by atomic mass is 10.1. The van der Waals surface area contributed by atoms with Crippen LogP contribution >= 0.6 is 22.6 Å². The van der Waals surface area contributed by atoms with E-state index < -0.39 is 0 Å². The monoisotopic (exact) mass is 345 g/mol. The number of rotatable bonds is 3. The standard InChI is InChI=1S/C13H16INO2/c1-17-9-10-6-7-15(8-10)13(16)11-2-4-12(14)5-3-11/h2-5,10H,6-9H2,1H3. The van der Waals surface area contributed by atoms with Crippen LogP contribution in [0.1, 0.15) is 16.8 Å². The number of carbonyl (C=O) groups is 1. The van der Waals surface area contributed by atoms with Gasteiger partial charge in [0.15, 0.2) is 0 Å². The Kier molecular flexibility index (Phi) is 4.39. The minimum atomic E-state index is 0.139. The van der Waals surface area contributed by atoms with Crippen molar-refractivity contribution in [2.45, 2.75) is 6.42 Å². The van der Waals surface area contributed by atoms with Crippen LogP contribution in [0, 0.1) is 9.49 Å². The molecule has 1 aromatic rings. The minimum absolute atomic E-state index is 0.139. The second-order valence-corrected chi connectivity index (χ2v) is 5.61. The van der Waals surface area contributed by atoms with Gasteiger partial charge < -0.3 is 9.64 Å². The Labute approximate surface area is 115 Å². The van der Waals surface area contributed by atoms with Crippen LogP contribution in [0.3, 0.4) is 0 Å². The van der Waals surface area contributed by atoms with E-state index in [1.165, 1.54) is 0 Å². The van der Waals surface area contributed by atoms with Crippen molar-refractivity contribution in [2.75, 3.05) is 26.8 Å². The van der Waals surface area contributed by atoms with Gasteiger partial charge >= 0.3 is 0 Å². The summed E-state index contributed by atoms with van der Waals surface area (Å²) in [4.78, 5) is 14.1. The van der Waals surface area contributed by atoms with Gasteiger partial charge in [0.2, 0.25) is 0 Å². The highest BCUT2D eigenvalue weighted by Crippen LogP contribution is 2.19. The van der Waals surface area contributed by atoms with Gasteiger partial charge in [-0.25, -0.2) is 0 Å². The van der Waals surface area contributed by atoms with Crippen LogP contribution in [0.4, 0.5) is 0 Å². The Bertz CT molecular complexity index is 391. The van der Waals surface area contributed by atoms with E-state index in [1.807, 2.05) is 29.2 Å². The summed E-state index contributed by atoms with van der Waals surface area (Å²) < 4.78 is 6.29. The van der Waals surface area contributed by atoms with Crippen LogP contribution in [-0.2, 0) is 4.74 Å². The largest absolute Gasteiger partial charge is 0.384 e. The lowest BCUT2D eigenvalue weighted by Gasteiger charge is -2.16. The molecule has 0 bridgehead atoms. The molecule has 17 heavy (non-hydrogen) atoms. The molecule has 0 N–H and O–H groups in total. The normalized spacial score (nSPS) is 19.6. The number of likely N-dealkylation sites (tertiary alicyclic amines) is 1. The molecule has 1 aliphatic heterocycles. The zero-order valence-electron chi connectivity index (χ0n) is 9.86. The van der Waals surface area contributed by atoms with Crippen molar-refractivity contribution in [3.8, 4) is 0 Å². The average Bonchev–Trinajstić information content (AvgIpc) is 2.78. The molecule has 0 aromatic heterocycles. The van der Waals surface area contributed by atoms with Crippen molar-refractivity contribution in [2.24, 2.45) is 5.92 Å². The molecule has 1 saturated heterocycles. The van der Waals surface area contributed by atoms with Gasteiger partial charge in [0.1, 0.15) is 0 Å². The second kappa shape index (κ2) is 5.82. The van der Waals surface area contributed by atoms with Crippen molar-refractivity contribution in [3.05, 3.63) is 33.4 Å². The summed E-state index contributed by atoms with van der Waals surface area (Å²) in [6, 6.07) is 7.73. The highest BCUT2D eigenvalue weighted by Gasteiger charge is 2.26. The van der Waals surface area contributed by atoms with Crippen LogP contribution < -0.4 is 0 Å². The fourth-order valence-electron chi connectivity index (χ4n) is 2.16. The van der Waals surface area contributed by atoms with Crippen molar-refractivity contribution in [3.63, 3.8) is 0 Å². The molecule has 1 amide bonds. The Balaban J connectivity index is 1.99. The molecule has 4 heteroatoms. The average molecular weight is 345 g/mol. The van der Waals surface area contributed by atoms with Crippen molar-refractivity contribution in [1.82, 2.24) is 4.90 Å². The lowest BCUT2D eigenvalue weighted by Crippen LogP contribution is -2.29. The van der Waals surface area contributed by atoms with Crippen LogP contribution in [0.5, 0.6) is 0 Å². The number of nitrogens with zero attached hydrogens (tertiary/aromatic N) is 1. The van der Waals surface area contributed by atoms with Crippen molar-refractivity contribution < 1.29 is 9.53 Å². The lowest BCUT2D eigenvalue weighted by molar-refractivity contribution is 0.0775. The molecule has 0 aliphatic carbocycles. The number of carbonyl (C=O) groups excluding carboxylic acids is 1. The Morgan fingerprint density at radius 3 is 2.82 bits per heavy atom. The van der Waals surface area contributed by atoms with E-state index >= 15 is 0 Å². The number of ether oxygens (including phenoxy) is 1. The molecule has 1 aromatic carbocycles. The van der Waals surface area contributed by atoms with Crippen molar-refractivity contribution >= 4 is 28.5 Å². The maximum Gasteiger partial charge on any atom is 0.253 e. The van der Waals surface area contributed by atoms with Crippen LogP contribution in [0.25, 0.3) is 0 Å². The first kappa shape index (κ1) is 12.8. The van der Waals surface area contributed by atoms with E-state index in [2.05, 4.69) is 22.6 Å². The number of hydrogen-bond acceptors (Lipinski definition) is 2. The molecule has 0 spiro atoms. The Morgan fingerprint density at radius 2 is 2.18 bits per heavy atom. The second-order valence-electron chi connectivity index (χ2n) is 4.37. The topological polar surface area (TPSA) is 29.5 Å². The van der Waals surface area contributed by atoms with Gasteiger partial charge in [-0.3, -0.25) is 4.79 Å². The maximum atomic E-state index is 12.2. The first-order valence-corrected chi connectivity index (χ1v) is 6.82. The molecule has 3 nitrogen and oxygen atoms in total. The summed E-state index contributed by atoms with van der Waals surface area (Å²) in [7, 11) is 1.71. The molecule has 1 aliphatic rings. The number of methoxy groups -OCH3 is 1. The van der Waals surface area contributed by atoms with E-state index in [9.17, 15) is 4.79 Å². The van der Waals surface area contributed by atoms with Gasteiger partial charge in [0.05, 0.1) is 6.61 Å². The molecule has 0 radical (unpaired) electrons. The van der Waals surface area contributed by atoms with Gasteiger partial charge in [-0.2, -0.15) is 0 Å². The molecule has 92 valence electrons. The molecule has 0 saturated carbocycles. The fourth-order valence-corrected chi connectivity index (χ4v) is 2.52. The van der Waals surface area contributed by atoms with Gasteiger partial charge in [-0.15, -0.1) is 0 Å². The third-order valence-corrected chi connectivity index (χ3v) is 3.79. The van der Waals surface area contributed by atoms with E-state index in [4.69, 9.17) is 4.74 Å². The fraction of sp³-hybridized carbons (Fsp3) is 0.462. The first-order chi connectivity index (χ1) is 8.20. The number of amides is 1. The molecular formula is C13H16INO2. The first-order valence-electron chi connectivity index (χ1n) is 5.74. The SMILES string of the molecule is COCC1CCN(C(=O)c2ccc(I)cc2)C1. The molecule has 1 unspecified atom stereocenters. The smallest absolute Gasteiger partial charge is 0.253 e. The summed E-state index contributed by atoms with van der Waals surface area (Å²) in [6.07, 6.45) is 1.05. The molecule has 2 rings (SSSR count). The zero-order chi connectivity index (χ0) is 12.3. The minimum Gasteiger partial charge on any atom is -0.384 e. The Hall–Kier alpha value is -0.620. The third kappa shape index (κ3) is 3.19. The zero-order valence-corrected chi connectivity index (χ0v) is 12.0. The molecule has 1 atom stereocenters. The number of hydrogen-bond donors (Lipinski definition) is 0. The van der Waals surface area contributed by atoms with Gasteiger partial charge in [-0.1, -0.05) is 0 Å². The summed E-state index contributed by atoms with van der Waals surface area (Å²) in [5.74, 6) is 0.632. The highest BCUT2D eigenvalue weighted by atomic mass is 127. The van der Waals surface area contributed by atoms with Crippen molar-refractivity contribution in [1.29, 1.82) is 0 Å². The summed E-state index contributed by atoms with van der Waals surface area (Å²) in [6.45, 7) is 2.41. The Morgan fingerprint density at radius 1 is 1.47 bits per heavy atom. The quantitative estimate of drug-likeness (QED) is 0.788. The third-order valence-electron chi connectivity index (χ3n) is 3.07. The predicted octanol–water partition coefficient (Wildman–Crippen LogP) is 2.40. The van der Waals surface area contributed by atoms with Gasteiger partial charge in [-0.05, 0) is 53.3 Å². The van der Waals surface area contributed by atoms with E-state index in [0.717, 1.165) is 35.3 Å². The van der Waals surface area contributed by atoms with Crippen LogP contribution in [0.2, 0.25) is 0 Å². The maximum absolute atomic E-state index is 12.2. The number of halogens is 1. The van der Waals surface area contributed by atoms with E-state index in [0.29, 0.717) is 5.92 Å². The van der Waals surface area contributed by atoms with Gasteiger partial charge in [0.25, 0.3) is 5.91 Å². The highest BCUT2D eigenvalue weighted by molar-refractivity contribution is 14.1.